The van der Waals surface area contributed by atoms with Gasteiger partial charge in [0.1, 0.15) is 11.3 Å². The molecule has 4 heteroatoms. The maximum Gasteiger partial charge on any atom is 0.209 e. The van der Waals surface area contributed by atoms with E-state index in [0.29, 0.717) is 11.5 Å². The molecule has 2 aromatic heterocycles. The van der Waals surface area contributed by atoms with Crippen molar-refractivity contribution in [3.05, 3.63) is 57.6 Å². The Morgan fingerprint density at radius 1 is 1.00 bits per heavy atom. The molecule has 0 aliphatic heterocycles. The zero-order chi connectivity index (χ0) is 15.1. The predicted octanol–water partition coefficient (Wildman–Crippen LogP) is 4.63. The molecule has 0 aliphatic rings. The lowest BCUT2D eigenvalue weighted by Gasteiger charge is -2.09. The Balaban J connectivity index is 2.38. The van der Waals surface area contributed by atoms with Crippen molar-refractivity contribution in [2.45, 2.75) is 27.7 Å². The van der Waals surface area contributed by atoms with Crippen LogP contribution >= 0.6 is 0 Å². The molecule has 0 radical (unpaired) electrons. The van der Waals surface area contributed by atoms with Crippen LogP contribution in [0.3, 0.4) is 0 Å². The lowest BCUT2D eigenvalue weighted by Crippen LogP contribution is -1.90. The molecule has 3 aromatic rings. The standard InChI is InChI=1S/C17H17N3O/c1-10-5-6-14-18-16(17(19-21)20(14)9-10)15-12(3)7-11(2)8-13(15)4/h5-9H,1-4H3. The van der Waals surface area contributed by atoms with Crippen LogP contribution in [0.15, 0.2) is 35.6 Å². The fraction of sp³-hybridized carbons (Fsp3) is 0.235. The lowest BCUT2D eigenvalue weighted by atomic mass is 9.97. The van der Waals surface area contributed by atoms with Gasteiger partial charge in [-0.15, -0.1) is 4.91 Å². The number of hydrogen-bond donors (Lipinski definition) is 0. The normalized spacial score (nSPS) is 11.0. The van der Waals surface area contributed by atoms with Crippen LogP contribution in [-0.2, 0) is 0 Å². The molecule has 0 atom stereocenters. The Hall–Kier alpha value is -2.49. The van der Waals surface area contributed by atoms with Crippen LogP contribution in [0.25, 0.3) is 16.9 Å². The smallest absolute Gasteiger partial charge is 0.209 e. The van der Waals surface area contributed by atoms with Crippen molar-refractivity contribution in [1.29, 1.82) is 0 Å². The van der Waals surface area contributed by atoms with Gasteiger partial charge >= 0.3 is 0 Å². The summed E-state index contributed by atoms with van der Waals surface area (Å²) in [5, 5.41) is 3.23. The molecular weight excluding hydrogens is 262 g/mol. The number of hydrogen-bond acceptors (Lipinski definition) is 3. The Morgan fingerprint density at radius 2 is 1.67 bits per heavy atom. The van der Waals surface area contributed by atoms with E-state index in [2.05, 4.69) is 29.2 Å². The molecule has 0 N–H and O–H groups in total. The third kappa shape index (κ3) is 2.13. The number of fused-ring (bicyclic) bond motifs is 1. The molecular formula is C17H17N3O. The molecule has 2 heterocycles. The predicted molar refractivity (Wildman–Crippen MR) is 85.0 cm³/mol. The summed E-state index contributed by atoms with van der Waals surface area (Å²) in [6, 6.07) is 8.10. The van der Waals surface area contributed by atoms with E-state index in [9.17, 15) is 4.91 Å². The second-order valence-electron chi connectivity index (χ2n) is 5.58. The molecule has 0 fully saturated rings. The van der Waals surface area contributed by atoms with Crippen LogP contribution in [0.2, 0.25) is 0 Å². The quantitative estimate of drug-likeness (QED) is 0.642. The highest BCUT2D eigenvalue weighted by molar-refractivity contribution is 5.79. The van der Waals surface area contributed by atoms with E-state index in [1.807, 2.05) is 39.1 Å². The minimum Gasteiger partial charge on any atom is -0.281 e. The van der Waals surface area contributed by atoms with Crippen molar-refractivity contribution in [2.75, 3.05) is 0 Å². The second kappa shape index (κ2) is 4.81. The maximum absolute atomic E-state index is 11.4. The number of benzene rings is 1. The summed E-state index contributed by atoms with van der Waals surface area (Å²) in [6.07, 6.45) is 1.89. The van der Waals surface area contributed by atoms with Crippen molar-refractivity contribution in [1.82, 2.24) is 9.38 Å². The van der Waals surface area contributed by atoms with Crippen LogP contribution in [0.5, 0.6) is 0 Å². The van der Waals surface area contributed by atoms with Gasteiger partial charge in [0.05, 0.1) is 0 Å². The summed E-state index contributed by atoms with van der Waals surface area (Å²) in [4.78, 5) is 16.0. The van der Waals surface area contributed by atoms with E-state index in [0.717, 1.165) is 27.9 Å². The largest absolute Gasteiger partial charge is 0.281 e. The van der Waals surface area contributed by atoms with E-state index in [1.54, 1.807) is 4.40 Å². The van der Waals surface area contributed by atoms with Gasteiger partial charge in [0.2, 0.25) is 5.82 Å². The summed E-state index contributed by atoms with van der Waals surface area (Å²) in [5.74, 6) is 0.365. The molecule has 0 amide bonds. The van der Waals surface area contributed by atoms with Gasteiger partial charge in [0, 0.05) is 11.8 Å². The molecule has 0 unspecified atom stereocenters. The van der Waals surface area contributed by atoms with Crippen molar-refractivity contribution in [2.24, 2.45) is 5.18 Å². The summed E-state index contributed by atoms with van der Waals surface area (Å²) in [7, 11) is 0. The van der Waals surface area contributed by atoms with Gasteiger partial charge in [-0.2, -0.15) is 0 Å². The molecule has 0 spiro atoms. The molecule has 1 aromatic carbocycles. The average Bonchev–Trinajstić information content (AvgIpc) is 2.74. The zero-order valence-corrected chi connectivity index (χ0v) is 12.6. The van der Waals surface area contributed by atoms with Crippen LogP contribution in [0, 0.1) is 32.6 Å². The van der Waals surface area contributed by atoms with Crippen LogP contribution in [0.4, 0.5) is 5.82 Å². The fourth-order valence-corrected chi connectivity index (χ4v) is 2.95. The third-order valence-electron chi connectivity index (χ3n) is 3.74. The molecule has 0 saturated heterocycles. The Morgan fingerprint density at radius 3 is 2.29 bits per heavy atom. The highest BCUT2D eigenvalue weighted by atomic mass is 16.3. The van der Waals surface area contributed by atoms with Gasteiger partial charge in [0.25, 0.3) is 0 Å². The van der Waals surface area contributed by atoms with Crippen molar-refractivity contribution in [3.8, 4) is 11.3 Å². The van der Waals surface area contributed by atoms with E-state index < -0.39 is 0 Å². The third-order valence-corrected chi connectivity index (χ3v) is 3.74. The Kier molecular flexibility index (Phi) is 3.09. The van der Waals surface area contributed by atoms with E-state index in [-0.39, 0.29) is 0 Å². The minimum atomic E-state index is 0.365. The van der Waals surface area contributed by atoms with Gasteiger partial charge in [-0.05, 0) is 55.6 Å². The summed E-state index contributed by atoms with van der Waals surface area (Å²) >= 11 is 0. The summed E-state index contributed by atoms with van der Waals surface area (Å²) in [6.45, 7) is 8.13. The summed E-state index contributed by atoms with van der Waals surface area (Å²) < 4.78 is 1.76. The SMILES string of the molecule is Cc1cc(C)c(-c2nc3ccc(C)cn3c2N=O)c(C)c1. The van der Waals surface area contributed by atoms with Crippen molar-refractivity contribution < 1.29 is 0 Å². The first kappa shape index (κ1) is 13.5. The first-order chi connectivity index (χ1) is 10.0. The Labute approximate surface area is 123 Å². The number of aromatic nitrogens is 2. The van der Waals surface area contributed by atoms with Crippen LogP contribution in [-0.4, -0.2) is 9.38 Å². The lowest BCUT2D eigenvalue weighted by molar-refractivity contribution is 1.14. The topological polar surface area (TPSA) is 46.7 Å². The van der Waals surface area contributed by atoms with Gasteiger partial charge < -0.3 is 0 Å². The number of rotatable bonds is 2. The zero-order valence-electron chi connectivity index (χ0n) is 12.6. The van der Waals surface area contributed by atoms with Crippen LogP contribution < -0.4 is 0 Å². The molecule has 0 saturated carbocycles. The minimum absolute atomic E-state index is 0.365. The molecule has 0 bridgehead atoms. The second-order valence-corrected chi connectivity index (χ2v) is 5.58. The maximum atomic E-state index is 11.4. The van der Waals surface area contributed by atoms with E-state index in [4.69, 9.17) is 0 Å². The molecule has 0 aliphatic carbocycles. The number of nitrogens with zero attached hydrogens (tertiary/aromatic N) is 3. The van der Waals surface area contributed by atoms with Gasteiger partial charge in [-0.1, -0.05) is 23.8 Å². The molecule has 3 rings (SSSR count). The average molecular weight is 279 g/mol. The highest BCUT2D eigenvalue weighted by Gasteiger charge is 2.18. The molecule has 21 heavy (non-hydrogen) atoms. The Bertz CT molecular complexity index is 839. The number of aryl methyl sites for hydroxylation is 4. The van der Waals surface area contributed by atoms with Crippen molar-refractivity contribution in [3.63, 3.8) is 0 Å². The van der Waals surface area contributed by atoms with Gasteiger partial charge in [-0.3, -0.25) is 4.40 Å². The van der Waals surface area contributed by atoms with E-state index >= 15 is 0 Å². The number of pyridine rings is 1. The fourth-order valence-electron chi connectivity index (χ4n) is 2.95. The monoisotopic (exact) mass is 279 g/mol. The van der Waals surface area contributed by atoms with Crippen LogP contribution in [0.1, 0.15) is 22.3 Å². The van der Waals surface area contributed by atoms with Crippen molar-refractivity contribution >= 4 is 11.5 Å². The van der Waals surface area contributed by atoms with E-state index in [1.165, 1.54) is 5.56 Å². The number of imidazole rings is 1. The van der Waals surface area contributed by atoms with Gasteiger partial charge in [-0.25, -0.2) is 4.98 Å². The summed E-state index contributed by atoms with van der Waals surface area (Å²) in [5.41, 5.74) is 6.88. The van der Waals surface area contributed by atoms with Gasteiger partial charge in [0.15, 0.2) is 0 Å². The highest BCUT2D eigenvalue weighted by Crippen LogP contribution is 2.35. The first-order valence-corrected chi connectivity index (χ1v) is 6.91. The number of nitroso groups, excluding NO2 is 1. The molecule has 106 valence electrons. The first-order valence-electron chi connectivity index (χ1n) is 6.91. The molecule has 4 nitrogen and oxygen atoms in total.